The third kappa shape index (κ3) is 14.8. The van der Waals surface area contributed by atoms with Crippen molar-refractivity contribution in [2.75, 3.05) is 6.54 Å². The second-order valence-electron chi connectivity index (χ2n) is 4.99. The molecule has 20 heavy (non-hydrogen) atoms. The Morgan fingerprint density at radius 2 is 1.65 bits per heavy atom. The Kier molecular flexibility index (Phi) is 14.7. The molecule has 1 nitrogen and oxygen atoms in total. The zero-order chi connectivity index (χ0) is 14.9. The van der Waals surface area contributed by atoms with Gasteiger partial charge in [0.15, 0.2) is 0 Å². The molecule has 0 aromatic heterocycles. The summed E-state index contributed by atoms with van der Waals surface area (Å²) in [4.78, 5) is 4.54. The van der Waals surface area contributed by atoms with Crippen LogP contribution in [0.15, 0.2) is 29.3 Å². The van der Waals surface area contributed by atoms with E-state index in [9.17, 15) is 0 Å². The molecule has 112 valence electrons. The molecule has 0 aliphatic rings. The summed E-state index contributed by atoms with van der Waals surface area (Å²) in [5, 5.41) is 0. The Hall–Kier alpha value is -1.29. The molecular weight excluding hydrogens is 242 g/mol. The van der Waals surface area contributed by atoms with Gasteiger partial charge in [-0.2, -0.15) is 0 Å². The van der Waals surface area contributed by atoms with Gasteiger partial charge in [-0.05, 0) is 32.8 Å². The minimum Gasteiger partial charge on any atom is -0.290 e. The van der Waals surface area contributed by atoms with Gasteiger partial charge in [0.05, 0.1) is 0 Å². The summed E-state index contributed by atoms with van der Waals surface area (Å²) in [6.07, 6.45) is 18.0. The summed E-state index contributed by atoms with van der Waals surface area (Å²) in [5.41, 5.74) is 1.12. The molecule has 0 aromatic rings. The summed E-state index contributed by atoms with van der Waals surface area (Å²) < 4.78 is 0. The van der Waals surface area contributed by atoms with Crippen LogP contribution >= 0.6 is 0 Å². The lowest BCUT2D eigenvalue weighted by molar-refractivity contribution is 0.603. The zero-order valence-electron chi connectivity index (χ0n) is 13.6. The molecule has 0 aromatic carbocycles. The van der Waals surface area contributed by atoms with Crippen LogP contribution in [0.5, 0.6) is 0 Å². The first kappa shape index (κ1) is 18.7. The summed E-state index contributed by atoms with van der Waals surface area (Å²) in [5.74, 6) is 6.32. The van der Waals surface area contributed by atoms with Crippen molar-refractivity contribution in [3.63, 3.8) is 0 Å². The molecule has 0 spiro atoms. The van der Waals surface area contributed by atoms with E-state index in [4.69, 9.17) is 0 Å². The van der Waals surface area contributed by atoms with Crippen LogP contribution in [0.25, 0.3) is 0 Å². The van der Waals surface area contributed by atoms with Crippen LogP contribution in [0.2, 0.25) is 0 Å². The highest BCUT2D eigenvalue weighted by Crippen LogP contribution is 2.07. The topological polar surface area (TPSA) is 12.4 Å². The number of rotatable bonds is 10. The SMILES string of the molecule is C\C=C/C=C\C(C)=N\CCCCCCCCC#CCC. The number of hydrogen-bond donors (Lipinski definition) is 0. The van der Waals surface area contributed by atoms with Crippen molar-refractivity contribution in [1.29, 1.82) is 0 Å². The smallest absolute Gasteiger partial charge is 0.0392 e. The zero-order valence-corrected chi connectivity index (χ0v) is 13.6. The van der Waals surface area contributed by atoms with Crippen LogP contribution in [0.4, 0.5) is 0 Å². The predicted octanol–water partition coefficient (Wildman–Crippen LogP) is 5.72. The monoisotopic (exact) mass is 273 g/mol. The van der Waals surface area contributed by atoms with Crippen molar-refractivity contribution in [3.8, 4) is 11.8 Å². The molecule has 0 fully saturated rings. The lowest BCUT2D eigenvalue weighted by Crippen LogP contribution is -1.89. The van der Waals surface area contributed by atoms with Crippen LogP contribution in [0, 0.1) is 11.8 Å². The quantitative estimate of drug-likeness (QED) is 0.209. The van der Waals surface area contributed by atoms with E-state index >= 15 is 0 Å². The van der Waals surface area contributed by atoms with Crippen molar-refractivity contribution in [3.05, 3.63) is 24.3 Å². The van der Waals surface area contributed by atoms with Crippen LogP contribution in [-0.4, -0.2) is 12.3 Å². The van der Waals surface area contributed by atoms with Crippen LogP contribution in [0.3, 0.4) is 0 Å². The molecule has 0 unspecified atom stereocenters. The summed E-state index contributed by atoms with van der Waals surface area (Å²) >= 11 is 0. The molecule has 0 saturated carbocycles. The molecule has 1 heteroatoms. The number of unbranched alkanes of at least 4 members (excludes halogenated alkanes) is 6. The Balaban J connectivity index is 3.37. The number of nitrogens with zero attached hydrogens (tertiary/aromatic N) is 1. The van der Waals surface area contributed by atoms with Gasteiger partial charge in [0, 0.05) is 25.1 Å². The van der Waals surface area contributed by atoms with Gasteiger partial charge in [-0.3, -0.25) is 4.99 Å². The van der Waals surface area contributed by atoms with Gasteiger partial charge in [0.25, 0.3) is 0 Å². The van der Waals surface area contributed by atoms with E-state index in [0.29, 0.717) is 0 Å². The molecule has 0 N–H and O–H groups in total. The average Bonchev–Trinajstić information content (AvgIpc) is 2.45. The third-order valence-electron chi connectivity index (χ3n) is 3.01. The maximum Gasteiger partial charge on any atom is 0.0392 e. The van der Waals surface area contributed by atoms with E-state index in [0.717, 1.165) is 25.1 Å². The van der Waals surface area contributed by atoms with Gasteiger partial charge in [0.1, 0.15) is 0 Å². The van der Waals surface area contributed by atoms with Crippen molar-refractivity contribution < 1.29 is 0 Å². The van der Waals surface area contributed by atoms with E-state index in [2.05, 4.69) is 36.8 Å². The van der Waals surface area contributed by atoms with E-state index in [-0.39, 0.29) is 0 Å². The molecule has 0 heterocycles. The van der Waals surface area contributed by atoms with Crippen LogP contribution < -0.4 is 0 Å². The highest BCUT2D eigenvalue weighted by atomic mass is 14.7. The normalized spacial score (nSPS) is 12.1. The molecule has 0 atom stereocenters. The fraction of sp³-hybridized carbons (Fsp3) is 0.632. The summed E-state index contributed by atoms with van der Waals surface area (Å²) in [7, 11) is 0. The Labute approximate surface area is 126 Å². The molecule has 0 rings (SSSR count). The van der Waals surface area contributed by atoms with Gasteiger partial charge in [-0.1, -0.05) is 50.8 Å². The Bertz CT molecular complexity index is 350. The lowest BCUT2D eigenvalue weighted by atomic mass is 10.1. The first-order valence-electron chi connectivity index (χ1n) is 8.07. The highest BCUT2D eigenvalue weighted by molar-refractivity contribution is 5.92. The number of allylic oxidation sites excluding steroid dienone is 4. The Morgan fingerprint density at radius 1 is 0.950 bits per heavy atom. The molecule has 0 aliphatic carbocycles. The summed E-state index contributed by atoms with van der Waals surface area (Å²) in [6, 6.07) is 0. The minimum absolute atomic E-state index is 0.966. The first-order chi connectivity index (χ1) is 9.81. The van der Waals surface area contributed by atoms with Gasteiger partial charge >= 0.3 is 0 Å². The van der Waals surface area contributed by atoms with Crippen molar-refractivity contribution in [1.82, 2.24) is 0 Å². The molecular formula is C19H31N. The minimum atomic E-state index is 0.966. The first-order valence-corrected chi connectivity index (χ1v) is 8.07. The van der Waals surface area contributed by atoms with Crippen molar-refractivity contribution in [2.24, 2.45) is 4.99 Å². The lowest BCUT2D eigenvalue weighted by Gasteiger charge is -1.99. The fourth-order valence-electron chi connectivity index (χ4n) is 1.86. The van der Waals surface area contributed by atoms with Gasteiger partial charge < -0.3 is 0 Å². The Morgan fingerprint density at radius 3 is 2.35 bits per heavy atom. The molecule has 0 saturated heterocycles. The molecule has 0 amide bonds. The maximum absolute atomic E-state index is 4.54. The number of aliphatic imine (C=N–C) groups is 1. The third-order valence-corrected chi connectivity index (χ3v) is 3.01. The van der Waals surface area contributed by atoms with Crippen LogP contribution in [-0.2, 0) is 0 Å². The second kappa shape index (κ2) is 15.8. The second-order valence-corrected chi connectivity index (χ2v) is 4.99. The molecule has 0 bridgehead atoms. The van der Waals surface area contributed by atoms with E-state index in [1.807, 2.05) is 25.2 Å². The number of hydrogen-bond acceptors (Lipinski definition) is 1. The molecule has 0 radical (unpaired) electrons. The van der Waals surface area contributed by atoms with Crippen LogP contribution in [0.1, 0.15) is 72.1 Å². The van der Waals surface area contributed by atoms with Gasteiger partial charge in [0.2, 0.25) is 0 Å². The van der Waals surface area contributed by atoms with Gasteiger partial charge in [-0.15, -0.1) is 11.8 Å². The van der Waals surface area contributed by atoms with Crippen molar-refractivity contribution in [2.45, 2.75) is 72.1 Å². The standard InChI is InChI=1S/C19H31N/c1-4-6-8-9-10-11-12-13-14-16-18-20-19(3)17-15-7-5-2/h5,7,15,17H,4,9-14,16,18H2,1-3H3/b7-5-,17-15-,20-19+. The van der Waals surface area contributed by atoms with E-state index in [1.54, 1.807) is 0 Å². The predicted molar refractivity (Wildman–Crippen MR) is 92.3 cm³/mol. The van der Waals surface area contributed by atoms with E-state index < -0.39 is 0 Å². The fourth-order valence-corrected chi connectivity index (χ4v) is 1.86. The largest absolute Gasteiger partial charge is 0.290 e. The van der Waals surface area contributed by atoms with Crippen molar-refractivity contribution >= 4 is 5.71 Å². The summed E-state index contributed by atoms with van der Waals surface area (Å²) in [6.45, 7) is 7.16. The van der Waals surface area contributed by atoms with Gasteiger partial charge in [-0.25, -0.2) is 0 Å². The van der Waals surface area contributed by atoms with E-state index in [1.165, 1.54) is 38.5 Å². The highest BCUT2D eigenvalue weighted by Gasteiger charge is 1.91. The maximum atomic E-state index is 4.54. The molecule has 0 aliphatic heterocycles. The average molecular weight is 273 g/mol.